The molecule has 3 heterocycles. The van der Waals surface area contributed by atoms with Crippen LogP contribution in [0.4, 0.5) is 11.4 Å². The molecule has 0 saturated heterocycles. The van der Waals surface area contributed by atoms with Crippen LogP contribution in [0.25, 0.3) is 11.1 Å². The van der Waals surface area contributed by atoms with Gasteiger partial charge in [0.15, 0.2) is 11.6 Å². The molecule has 9 nitrogen and oxygen atoms in total. The molecule has 2 amide bonds. The van der Waals surface area contributed by atoms with Crippen LogP contribution in [0.2, 0.25) is 5.02 Å². The van der Waals surface area contributed by atoms with E-state index >= 15 is 0 Å². The number of nitrogens with zero attached hydrogens (tertiary/aromatic N) is 5. The highest BCUT2D eigenvalue weighted by molar-refractivity contribution is 6.36. The van der Waals surface area contributed by atoms with Crippen LogP contribution in [0, 0.1) is 12.8 Å². The van der Waals surface area contributed by atoms with Gasteiger partial charge in [0.2, 0.25) is 0 Å². The molecule has 2 aromatic heterocycles. The number of imidazole rings is 2. The summed E-state index contributed by atoms with van der Waals surface area (Å²) in [4.78, 5) is 38.8. The number of aryl methyl sites for hydroxylation is 1. The lowest BCUT2D eigenvalue weighted by Gasteiger charge is -2.26. The lowest BCUT2D eigenvalue weighted by molar-refractivity contribution is 0.100. The van der Waals surface area contributed by atoms with Gasteiger partial charge in [-0.25, -0.2) is 9.97 Å². The van der Waals surface area contributed by atoms with E-state index in [1.54, 1.807) is 6.07 Å². The molecule has 6 rings (SSSR count). The molecule has 2 N–H and O–H groups in total. The van der Waals surface area contributed by atoms with Crippen LogP contribution in [0.5, 0.6) is 0 Å². The first-order valence-electron chi connectivity index (χ1n) is 16.0. The maximum atomic E-state index is 13.5. The summed E-state index contributed by atoms with van der Waals surface area (Å²) in [6, 6.07) is 11.3. The second-order valence-electron chi connectivity index (χ2n) is 12.4. The number of anilines is 2. The molecule has 1 aliphatic carbocycles. The smallest absolute Gasteiger partial charge is 0.291 e. The topological polar surface area (TPSA) is 97.1 Å². The van der Waals surface area contributed by atoms with Crippen molar-refractivity contribution in [2.24, 2.45) is 20.0 Å². The summed E-state index contributed by atoms with van der Waals surface area (Å²) in [5.41, 5.74) is 7.84. The molecule has 10 heteroatoms. The van der Waals surface area contributed by atoms with Crippen molar-refractivity contribution in [1.82, 2.24) is 24.0 Å². The summed E-state index contributed by atoms with van der Waals surface area (Å²) in [5, 5.41) is 6.50. The van der Waals surface area contributed by atoms with Gasteiger partial charge >= 0.3 is 0 Å². The van der Waals surface area contributed by atoms with Crippen LogP contribution >= 0.6 is 11.6 Å². The maximum absolute atomic E-state index is 13.5. The van der Waals surface area contributed by atoms with Crippen LogP contribution in [0.15, 0.2) is 36.4 Å². The number of nitrogens with one attached hydrogen (secondary N) is 2. The van der Waals surface area contributed by atoms with Gasteiger partial charge in [0.05, 0.1) is 22.1 Å². The summed E-state index contributed by atoms with van der Waals surface area (Å²) >= 11 is 6.95. The van der Waals surface area contributed by atoms with Crippen LogP contribution in [-0.4, -0.2) is 48.9 Å². The third-order valence-electron chi connectivity index (χ3n) is 9.19. The first kappa shape index (κ1) is 31.0. The Hall–Kier alpha value is -3.95. The van der Waals surface area contributed by atoms with Gasteiger partial charge < -0.3 is 19.8 Å². The molecule has 4 aromatic rings. The largest absolute Gasteiger partial charge is 0.327 e. The predicted molar refractivity (Wildman–Crippen MR) is 179 cm³/mol. The zero-order valence-electron chi connectivity index (χ0n) is 26.8. The minimum Gasteiger partial charge on any atom is -0.327 e. The lowest BCUT2D eigenvalue weighted by atomic mass is 9.98. The molecular formula is C35H42ClN7O2. The standard InChI is InChI=1S/C35H42ClN7O2/c1-6-10-29-25(7-2)37-32(41(29)4)34(44)39-26-13-8-11-23(21(26)3)24-12-9-14-27(31(24)36)40-35(45)33-38-28-20-43(19-22-15-16-22)18-17-30(28)42(33)5/h8-9,11-14,22H,6-7,10,15-20H2,1-5H3,(H,39,44)(H,40,45). The summed E-state index contributed by atoms with van der Waals surface area (Å²) in [6.07, 6.45) is 6.17. The highest BCUT2D eigenvalue weighted by Gasteiger charge is 2.30. The highest BCUT2D eigenvalue weighted by Crippen LogP contribution is 2.38. The number of amides is 2. The van der Waals surface area contributed by atoms with Crippen molar-refractivity contribution in [2.45, 2.75) is 65.8 Å². The van der Waals surface area contributed by atoms with E-state index < -0.39 is 0 Å². The van der Waals surface area contributed by atoms with Crippen LogP contribution in [0.3, 0.4) is 0 Å². The molecular weight excluding hydrogens is 586 g/mol. The Morgan fingerprint density at radius 1 is 0.933 bits per heavy atom. The Labute approximate surface area is 270 Å². The Kier molecular flexibility index (Phi) is 8.84. The van der Waals surface area contributed by atoms with Crippen molar-refractivity contribution in [1.29, 1.82) is 0 Å². The third kappa shape index (κ3) is 6.16. The van der Waals surface area contributed by atoms with E-state index in [4.69, 9.17) is 16.6 Å². The van der Waals surface area contributed by atoms with Gasteiger partial charge in [-0.1, -0.05) is 56.1 Å². The number of hydrogen-bond acceptors (Lipinski definition) is 5. The number of fused-ring (bicyclic) bond motifs is 1. The van der Waals surface area contributed by atoms with Crippen molar-refractivity contribution in [3.05, 3.63) is 81.4 Å². The summed E-state index contributed by atoms with van der Waals surface area (Å²) in [7, 11) is 3.82. The average molecular weight is 628 g/mol. The van der Waals surface area contributed by atoms with Crippen molar-refractivity contribution in [2.75, 3.05) is 23.7 Å². The van der Waals surface area contributed by atoms with E-state index in [2.05, 4.69) is 34.4 Å². The number of hydrogen-bond donors (Lipinski definition) is 2. The molecule has 2 aromatic carbocycles. The molecule has 0 atom stereocenters. The van der Waals surface area contributed by atoms with Gasteiger partial charge in [-0.05, 0) is 61.8 Å². The van der Waals surface area contributed by atoms with E-state index in [9.17, 15) is 9.59 Å². The Morgan fingerprint density at radius 2 is 1.60 bits per heavy atom. The number of carbonyl (C=O) groups is 2. The molecule has 1 aliphatic heterocycles. The Morgan fingerprint density at radius 3 is 2.29 bits per heavy atom. The minimum absolute atomic E-state index is 0.254. The van der Waals surface area contributed by atoms with Crippen molar-refractivity contribution >= 4 is 34.8 Å². The number of rotatable bonds is 10. The summed E-state index contributed by atoms with van der Waals surface area (Å²) in [5.74, 6) is 1.06. The van der Waals surface area contributed by atoms with E-state index in [-0.39, 0.29) is 11.8 Å². The summed E-state index contributed by atoms with van der Waals surface area (Å²) in [6.45, 7) is 9.04. The summed E-state index contributed by atoms with van der Waals surface area (Å²) < 4.78 is 3.82. The van der Waals surface area contributed by atoms with E-state index in [0.29, 0.717) is 28.0 Å². The maximum Gasteiger partial charge on any atom is 0.291 e. The molecule has 1 fully saturated rings. The number of carbonyl (C=O) groups excluding carboxylic acids is 2. The van der Waals surface area contributed by atoms with E-state index in [0.717, 1.165) is 90.7 Å². The Balaban J connectivity index is 1.21. The number of halogens is 1. The molecule has 236 valence electrons. The second-order valence-corrected chi connectivity index (χ2v) is 12.7. The van der Waals surface area contributed by atoms with Gasteiger partial charge in [-0.3, -0.25) is 14.5 Å². The van der Waals surface area contributed by atoms with Crippen LogP contribution in [-0.2, 0) is 39.9 Å². The molecule has 45 heavy (non-hydrogen) atoms. The van der Waals surface area contributed by atoms with Gasteiger partial charge in [0.25, 0.3) is 11.8 Å². The number of benzene rings is 2. The van der Waals surface area contributed by atoms with Gasteiger partial charge in [-0.2, -0.15) is 0 Å². The average Bonchev–Trinajstić information content (AvgIpc) is 3.70. The Bertz CT molecular complexity index is 1770. The number of aromatic nitrogens is 4. The molecule has 0 radical (unpaired) electrons. The normalized spacial score (nSPS) is 14.8. The minimum atomic E-state index is -0.290. The first-order chi connectivity index (χ1) is 21.7. The van der Waals surface area contributed by atoms with Crippen LogP contribution in [0.1, 0.15) is 82.7 Å². The molecule has 0 bridgehead atoms. The fraction of sp³-hybridized carbons (Fsp3) is 0.429. The highest BCUT2D eigenvalue weighted by atomic mass is 35.5. The van der Waals surface area contributed by atoms with Crippen molar-refractivity contribution in [3.8, 4) is 11.1 Å². The lowest BCUT2D eigenvalue weighted by Crippen LogP contribution is -2.32. The second kappa shape index (κ2) is 12.8. The van der Waals surface area contributed by atoms with Gasteiger partial charge in [0.1, 0.15) is 0 Å². The SMILES string of the molecule is CCCc1c(CC)nc(C(=O)Nc2cccc(-c3cccc(NC(=O)c4nc5c(n4C)CCN(CC4CC4)C5)c3Cl)c2C)n1C. The monoisotopic (exact) mass is 627 g/mol. The predicted octanol–water partition coefficient (Wildman–Crippen LogP) is 6.57. The zero-order chi connectivity index (χ0) is 31.8. The van der Waals surface area contributed by atoms with Gasteiger partial charge in [-0.15, -0.1) is 0 Å². The van der Waals surface area contributed by atoms with Crippen LogP contribution < -0.4 is 10.6 Å². The zero-order valence-corrected chi connectivity index (χ0v) is 27.6. The molecule has 0 spiro atoms. The molecule has 1 saturated carbocycles. The van der Waals surface area contributed by atoms with E-state index in [1.165, 1.54) is 12.8 Å². The fourth-order valence-corrected chi connectivity index (χ4v) is 6.76. The molecule has 0 unspecified atom stereocenters. The third-order valence-corrected chi connectivity index (χ3v) is 9.60. The van der Waals surface area contributed by atoms with E-state index in [1.807, 2.05) is 60.5 Å². The van der Waals surface area contributed by atoms with Crippen molar-refractivity contribution < 1.29 is 9.59 Å². The van der Waals surface area contributed by atoms with Gasteiger partial charge in [0, 0.05) is 62.8 Å². The molecule has 2 aliphatic rings. The first-order valence-corrected chi connectivity index (χ1v) is 16.4. The van der Waals surface area contributed by atoms with Crippen molar-refractivity contribution in [3.63, 3.8) is 0 Å². The fourth-order valence-electron chi connectivity index (χ4n) is 6.49. The quantitative estimate of drug-likeness (QED) is 0.207.